The molecule has 6 N–H and O–H groups in total. The number of nitrogen functional groups attached to an aromatic ring is 3. The summed E-state index contributed by atoms with van der Waals surface area (Å²) in [6, 6.07) is 16.0. The fraction of sp³-hybridized carbons (Fsp3) is 0.0500. The maximum atomic E-state index is 12.1. The van der Waals surface area contributed by atoms with Crippen LogP contribution in [0.4, 0.5) is 17.6 Å². The normalized spacial score (nSPS) is 10.8. The molecule has 9 heteroatoms. The molecule has 0 atom stereocenters. The quantitative estimate of drug-likeness (QED) is 0.436. The van der Waals surface area contributed by atoms with Gasteiger partial charge in [-0.25, -0.2) is 9.97 Å². The van der Waals surface area contributed by atoms with Crippen molar-refractivity contribution >= 4 is 34.5 Å². The van der Waals surface area contributed by atoms with Gasteiger partial charge in [0.1, 0.15) is 11.4 Å². The van der Waals surface area contributed by atoms with E-state index < -0.39 is 0 Å². The van der Waals surface area contributed by atoms with Crippen molar-refractivity contribution in [1.82, 2.24) is 19.9 Å². The first-order chi connectivity index (χ1) is 14.0. The highest BCUT2D eigenvalue weighted by molar-refractivity contribution is 5.97. The van der Waals surface area contributed by atoms with Gasteiger partial charge in [0.15, 0.2) is 35.2 Å². The number of aromatic nitrogens is 4. The molecule has 0 aliphatic carbocycles. The average molecular weight is 387 g/mol. The number of ketones is 1. The summed E-state index contributed by atoms with van der Waals surface area (Å²) in [6.45, 7) is -0.0590. The molecule has 2 heterocycles. The Bertz CT molecular complexity index is 1200. The first-order valence-electron chi connectivity index (χ1n) is 8.69. The van der Waals surface area contributed by atoms with Crippen LogP contribution in [-0.4, -0.2) is 32.3 Å². The van der Waals surface area contributed by atoms with E-state index in [4.69, 9.17) is 21.9 Å². The molecule has 2 aromatic carbocycles. The molecule has 144 valence electrons. The minimum atomic E-state index is -0.103. The molecule has 9 nitrogen and oxygen atoms in total. The van der Waals surface area contributed by atoms with Gasteiger partial charge in [0, 0.05) is 11.1 Å². The van der Waals surface area contributed by atoms with Gasteiger partial charge in [0.05, 0.1) is 0 Å². The third-order valence-corrected chi connectivity index (χ3v) is 4.20. The zero-order chi connectivity index (χ0) is 20.4. The maximum Gasteiger partial charge on any atom is 0.224 e. The standard InChI is InChI=1S/C20H17N7O2/c21-17-15(24-16-18(22)26-20(23)27-19(16)25-17)12-6-8-13(9-7-12)29-10-14(28)11-4-2-1-3-5-11/h1-9H,10H2,(H6,21,22,23,25,26,27). The zero-order valence-electron chi connectivity index (χ0n) is 15.2. The van der Waals surface area contributed by atoms with Gasteiger partial charge in [-0.2, -0.15) is 9.97 Å². The number of rotatable bonds is 5. The van der Waals surface area contributed by atoms with E-state index in [1.165, 1.54) is 0 Å². The van der Waals surface area contributed by atoms with E-state index in [-0.39, 0.29) is 35.6 Å². The van der Waals surface area contributed by atoms with Crippen molar-refractivity contribution in [1.29, 1.82) is 0 Å². The van der Waals surface area contributed by atoms with Gasteiger partial charge in [-0.3, -0.25) is 4.79 Å². The van der Waals surface area contributed by atoms with Crippen LogP contribution < -0.4 is 21.9 Å². The van der Waals surface area contributed by atoms with Crippen molar-refractivity contribution in [3.05, 3.63) is 60.2 Å². The van der Waals surface area contributed by atoms with Crippen LogP contribution in [0.3, 0.4) is 0 Å². The van der Waals surface area contributed by atoms with E-state index in [1.54, 1.807) is 36.4 Å². The lowest BCUT2D eigenvalue weighted by Crippen LogP contribution is -2.11. The Morgan fingerprint density at radius 1 is 0.828 bits per heavy atom. The Morgan fingerprint density at radius 2 is 1.55 bits per heavy atom. The SMILES string of the molecule is Nc1nc(N)c2nc(-c3ccc(OCC(=O)c4ccccc4)cc3)c(N)nc2n1. The van der Waals surface area contributed by atoms with Gasteiger partial charge >= 0.3 is 0 Å². The second-order valence-corrected chi connectivity index (χ2v) is 6.20. The van der Waals surface area contributed by atoms with Crippen LogP contribution in [0.2, 0.25) is 0 Å². The number of carbonyl (C=O) groups excluding carboxylic acids is 1. The Balaban J connectivity index is 1.55. The molecule has 2 aromatic heterocycles. The van der Waals surface area contributed by atoms with Crippen LogP contribution in [0.1, 0.15) is 10.4 Å². The average Bonchev–Trinajstić information content (AvgIpc) is 2.72. The van der Waals surface area contributed by atoms with Gasteiger partial charge < -0.3 is 21.9 Å². The van der Waals surface area contributed by atoms with E-state index in [2.05, 4.69) is 19.9 Å². The molecule has 0 saturated carbocycles. The number of hydrogen-bond acceptors (Lipinski definition) is 9. The molecular weight excluding hydrogens is 370 g/mol. The fourth-order valence-corrected chi connectivity index (χ4v) is 2.78. The molecule has 0 radical (unpaired) electrons. The number of hydrogen-bond donors (Lipinski definition) is 3. The maximum absolute atomic E-state index is 12.1. The monoisotopic (exact) mass is 387 g/mol. The molecule has 0 spiro atoms. The number of anilines is 3. The number of carbonyl (C=O) groups is 1. The molecule has 0 bridgehead atoms. The highest BCUT2D eigenvalue weighted by atomic mass is 16.5. The molecule has 29 heavy (non-hydrogen) atoms. The summed E-state index contributed by atoms with van der Waals surface area (Å²) in [5.41, 5.74) is 19.8. The van der Waals surface area contributed by atoms with Crippen molar-refractivity contribution in [3.63, 3.8) is 0 Å². The van der Waals surface area contributed by atoms with E-state index >= 15 is 0 Å². The van der Waals surface area contributed by atoms with E-state index in [0.717, 1.165) is 0 Å². The largest absolute Gasteiger partial charge is 0.485 e. The van der Waals surface area contributed by atoms with Gasteiger partial charge in [-0.05, 0) is 24.3 Å². The van der Waals surface area contributed by atoms with Crippen molar-refractivity contribution in [3.8, 4) is 17.0 Å². The molecular formula is C20H17N7O2. The van der Waals surface area contributed by atoms with Crippen molar-refractivity contribution in [2.45, 2.75) is 0 Å². The van der Waals surface area contributed by atoms with E-state index in [1.807, 2.05) is 18.2 Å². The van der Waals surface area contributed by atoms with Crippen LogP contribution in [0.5, 0.6) is 5.75 Å². The number of Topliss-reactive ketones (excluding diaryl/α,β-unsaturated/α-hetero) is 1. The second kappa shape index (κ2) is 7.39. The van der Waals surface area contributed by atoms with Crippen LogP contribution in [0, 0.1) is 0 Å². The van der Waals surface area contributed by atoms with Gasteiger partial charge in [-0.1, -0.05) is 30.3 Å². The van der Waals surface area contributed by atoms with Crippen LogP contribution in [0.15, 0.2) is 54.6 Å². The third kappa shape index (κ3) is 3.74. The highest BCUT2D eigenvalue weighted by Gasteiger charge is 2.13. The summed E-state index contributed by atoms with van der Waals surface area (Å²) in [4.78, 5) is 28.7. The minimum absolute atomic E-state index is 0.00278. The topological polar surface area (TPSA) is 156 Å². The molecule has 0 saturated heterocycles. The first kappa shape index (κ1) is 18.1. The summed E-state index contributed by atoms with van der Waals surface area (Å²) in [5.74, 6) is 0.751. The van der Waals surface area contributed by atoms with Crippen molar-refractivity contribution < 1.29 is 9.53 Å². The Labute approximate surface area is 165 Å². The predicted molar refractivity (Wildman–Crippen MR) is 110 cm³/mol. The minimum Gasteiger partial charge on any atom is -0.485 e. The molecule has 0 aliphatic heterocycles. The lowest BCUT2D eigenvalue weighted by atomic mass is 10.1. The second-order valence-electron chi connectivity index (χ2n) is 6.20. The smallest absolute Gasteiger partial charge is 0.224 e. The molecule has 4 rings (SSSR count). The number of ether oxygens (including phenoxy) is 1. The first-order valence-corrected chi connectivity index (χ1v) is 8.69. The lowest BCUT2D eigenvalue weighted by molar-refractivity contribution is 0.0921. The number of benzene rings is 2. The summed E-state index contributed by atoms with van der Waals surface area (Å²) in [7, 11) is 0. The van der Waals surface area contributed by atoms with Crippen LogP contribution in [-0.2, 0) is 0 Å². The fourth-order valence-electron chi connectivity index (χ4n) is 2.78. The predicted octanol–water partition coefficient (Wildman–Crippen LogP) is 2.10. The number of nitrogens with zero attached hydrogens (tertiary/aromatic N) is 4. The third-order valence-electron chi connectivity index (χ3n) is 4.20. The van der Waals surface area contributed by atoms with Gasteiger partial charge in [0.25, 0.3) is 0 Å². The summed E-state index contributed by atoms with van der Waals surface area (Å²) in [6.07, 6.45) is 0. The summed E-state index contributed by atoms with van der Waals surface area (Å²) in [5, 5.41) is 0. The van der Waals surface area contributed by atoms with Gasteiger partial charge in [0.2, 0.25) is 5.95 Å². The lowest BCUT2D eigenvalue weighted by Gasteiger charge is -2.09. The summed E-state index contributed by atoms with van der Waals surface area (Å²) >= 11 is 0. The number of nitrogens with two attached hydrogens (primary N) is 3. The molecule has 0 unspecified atom stereocenters. The molecule has 0 amide bonds. The van der Waals surface area contributed by atoms with Crippen LogP contribution in [0.25, 0.3) is 22.4 Å². The van der Waals surface area contributed by atoms with Crippen LogP contribution >= 0.6 is 0 Å². The van der Waals surface area contributed by atoms with Crippen molar-refractivity contribution in [2.24, 2.45) is 0 Å². The Kier molecular flexibility index (Phi) is 4.62. The van der Waals surface area contributed by atoms with E-state index in [0.29, 0.717) is 28.1 Å². The highest BCUT2D eigenvalue weighted by Crippen LogP contribution is 2.27. The van der Waals surface area contributed by atoms with E-state index in [9.17, 15) is 4.79 Å². The van der Waals surface area contributed by atoms with Crippen molar-refractivity contribution in [2.75, 3.05) is 23.8 Å². The van der Waals surface area contributed by atoms with Gasteiger partial charge in [-0.15, -0.1) is 0 Å². The molecule has 0 fully saturated rings. The molecule has 4 aromatic rings. The Morgan fingerprint density at radius 3 is 2.28 bits per heavy atom. The number of fused-ring (bicyclic) bond motifs is 1. The molecule has 0 aliphatic rings. The summed E-state index contributed by atoms with van der Waals surface area (Å²) < 4.78 is 5.58. The Hall–Kier alpha value is -4.27. The zero-order valence-corrected chi connectivity index (χ0v) is 15.2.